The van der Waals surface area contributed by atoms with Crippen LogP contribution in [0, 0.1) is 5.41 Å². The molecular formula is C17H23F. The van der Waals surface area contributed by atoms with Gasteiger partial charge in [-0.3, -0.25) is 4.39 Å². The van der Waals surface area contributed by atoms with Crippen molar-refractivity contribution in [2.75, 3.05) is 6.67 Å². The first-order chi connectivity index (χ1) is 8.74. The third-order valence-electron chi connectivity index (χ3n) is 4.20. The minimum atomic E-state index is -0.156. The number of halogens is 1. The predicted molar refractivity (Wildman–Crippen MR) is 75.4 cm³/mol. The number of rotatable bonds is 8. The van der Waals surface area contributed by atoms with E-state index in [1.165, 1.54) is 24.0 Å². The van der Waals surface area contributed by atoms with Crippen LogP contribution in [0.3, 0.4) is 0 Å². The number of hydrogen-bond acceptors (Lipinski definition) is 0. The SMILES string of the molecule is C=C(CCc1ccccc1)CCC1(CCF)CC1. The number of allylic oxidation sites excluding steroid dienone is 1. The highest BCUT2D eigenvalue weighted by atomic mass is 19.1. The highest BCUT2D eigenvalue weighted by molar-refractivity contribution is 5.16. The Balaban J connectivity index is 1.67. The van der Waals surface area contributed by atoms with E-state index in [9.17, 15) is 4.39 Å². The standard InChI is InChI=1S/C17H23F/c1-15(7-8-16-5-3-2-4-6-16)9-10-17(11-12-17)13-14-18/h2-6H,1,7-14H2. The normalized spacial score (nSPS) is 16.5. The molecule has 0 spiro atoms. The Bertz CT molecular complexity index is 376. The van der Waals surface area contributed by atoms with Crippen molar-refractivity contribution in [1.29, 1.82) is 0 Å². The molecule has 1 aromatic rings. The lowest BCUT2D eigenvalue weighted by atomic mass is 9.92. The number of aryl methyl sites for hydroxylation is 1. The average Bonchev–Trinajstić information content (AvgIpc) is 3.16. The molecule has 1 aliphatic rings. The van der Waals surface area contributed by atoms with E-state index >= 15 is 0 Å². The Labute approximate surface area is 110 Å². The maximum atomic E-state index is 12.4. The molecule has 0 atom stereocenters. The summed E-state index contributed by atoms with van der Waals surface area (Å²) in [5.41, 5.74) is 3.05. The van der Waals surface area contributed by atoms with Crippen molar-refractivity contribution in [2.45, 2.75) is 44.9 Å². The second-order valence-corrected chi connectivity index (χ2v) is 5.67. The molecule has 2 rings (SSSR count). The molecular weight excluding hydrogens is 223 g/mol. The van der Waals surface area contributed by atoms with Gasteiger partial charge in [0.05, 0.1) is 6.67 Å². The summed E-state index contributed by atoms with van der Waals surface area (Å²) >= 11 is 0. The number of alkyl halides is 1. The zero-order chi connectivity index (χ0) is 12.8. The molecule has 0 saturated heterocycles. The smallest absolute Gasteiger partial charge is 0.0899 e. The predicted octanol–water partition coefficient (Wildman–Crippen LogP) is 5.10. The lowest BCUT2D eigenvalue weighted by molar-refractivity contribution is 0.351. The van der Waals surface area contributed by atoms with Crippen LogP contribution in [0.2, 0.25) is 0 Å². The van der Waals surface area contributed by atoms with Crippen LogP contribution >= 0.6 is 0 Å². The van der Waals surface area contributed by atoms with Crippen LogP contribution in [-0.2, 0) is 6.42 Å². The fraction of sp³-hybridized carbons (Fsp3) is 0.529. The average molecular weight is 246 g/mol. The van der Waals surface area contributed by atoms with Gasteiger partial charge in [-0.1, -0.05) is 42.5 Å². The van der Waals surface area contributed by atoms with Crippen LogP contribution in [0.1, 0.15) is 44.1 Å². The molecule has 0 aliphatic heterocycles. The molecule has 0 amide bonds. The van der Waals surface area contributed by atoms with Crippen molar-refractivity contribution in [3.05, 3.63) is 48.0 Å². The molecule has 18 heavy (non-hydrogen) atoms. The highest BCUT2D eigenvalue weighted by Crippen LogP contribution is 2.53. The Hall–Kier alpha value is -1.11. The van der Waals surface area contributed by atoms with Gasteiger partial charge in [0, 0.05) is 0 Å². The zero-order valence-electron chi connectivity index (χ0n) is 11.1. The van der Waals surface area contributed by atoms with Crippen molar-refractivity contribution in [1.82, 2.24) is 0 Å². The Morgan fingerprint density at radius 2 is 1.83 bits per heavy atom. The summed E-state index contributed by atoms with van der Waals surface area (Å²) < 4.78 is 12.4. The van der Waals surface area contributed by atoms with Gasteiger partial charge in [0.2, 0.25) is 0 Å². The van der Waals surface area contributed by atoms with Gasteiger partial charge in [0.15, 0.2) is 0 Å². The first kappa shape index (κ1) is 13.3. The lowest BCUT2D eigenvalue weighted by Gasteiger charge is -2.13. The van der Waals surface area contributed by atoms with Crippen LogP contribution in [0.25, 0.3) is 0 Å². The number of hydrogen-bond donors (Lipinski definition) is 0. The van der Waals surface area contributed by atoms with Crippen LogP contribution in [-0.4, -0.2) is 6.67 Å². The first-order valence-electron chi connectivity index (χ1n) is 7.01. The van der Waals surface area contributed by atoms with Gasteiger partial charge in [-0.05, 0) is 55.9 Å². The Morgan fingerprint density at radius 1 is 1.11 bits per heavy atom. The monoisotopic (exact) mass is 246 g/mol. The summed E-state index contributed by atoms with van der Waals surface area (Å²) in [6.45, 7) is 4.01. The maximum absolute atomic E-state index is 12.4. The third-order valence-corrected chi connectivity index (χ3v) is 4.20. The molecule has 0 nitrogen and oxygen atoms in total. The van der Waals surface area contributed by atoms with Crippen molar-refractivity contribution < 1.29 is 4.39 Å². The molecule has 0 heterocycles. The van der Waals surface area contributed by atoms with Gasteiger partial charge >= 0.3 is 0 Å². The minimum absolute atomic E-state index is 0.156. The maximum Gasteiger partial charge on any atom is 0.0899 e. The van der Waals surface area contributed by atoms with E-state index < -0.39 is 0 Å². The molecule has 1 fully saturated rings. The van der Waals surface area contributed by atoms with E-state index in [1.807, 2.05) is 6.07 Å². The first-order valence-corrected chi connectivity index (χ1v) is 7.01. The molecule has 1 aliphatic carbocycles. The van der Waals surface area contributed by atoms with E-state index in [0.29, 0.717) is 5.41 Å². The van der Waals surface area contributed by atoms with Crippen molar-refractivity contribution in [2.24, 2.45) is 5.41 Å². The van der Waals surface area contributed by atoms with Crippen molar-refractivity contribution >= 4 is 0 Å². The summed E-state index contributed by atoms with van der Waals surface area (Å²) in [6.07, 6.45) is 7.58. The summed E-state index contributed by atoms with van der Waals surface area (Å²) in [7, 11) is 0. The van der Waals surface area contributed by atoms with E-state index in [1.54, 1.807) is 0 Å². The van der Waals surface area contributed by atoms with E-state index in [0.717, 1.165) is 32.1 Å². The molecule has 0 unspecified atom stereocenters. The minimum Gasteiger partial charge on any atom is -0.251 e. The summed E-state index contributed by atoms with van der Waals surface area (Å²) in [4.78, 5) is 0. The molecule has 1 heteroatoms. The topological polar surface area (TPSA) is 0 Å². The summed E-state index contributed by atoms with van der Waals surface area (Å²) in [5.74, 6) is 0. The fourth-order valence-corrected chi connectivity index (χ4v) is 2.53. The molecule has 0 radical (unpaired) electrons. The van der Waals surface area contributed by atoms with E-state index in [2.05, 4.69) is 30.8 Å². The van der Waals surface area contributed by atoms with E-state index in [-0.39, 0.29) is 6.67 Å². The van der Waals surface area contributed by atoms with Crippen LogP contribution in [0.5, 0.6) is 0 Å². The molecule has 1 aromatic carbocycles. The second-order valence-electron chi connectivity index (χ2n) is 5.67. The van der Waals surface area contributed by atoms with E-state index in [4.69, 9.17) is 0 Å². The summed E-state index contributed by atoms with van der Waals surface area (Å²) in [5, 5.41) is 0. The zero-order valence-corrected chi connectivity index (χ0v) is 11.1. The molecule has 0 N–H and O–H groups in total. The molecule has 98 valence electrons. The quantitative estimate of drug-likeness (QED) is 0.560. The van der Waals surface area contributed by atoms with Gasteiger partial charge in [-0.25, -0.2) is 0 Å². The Morgan fingerprint density at radius 3 is 2.44 bits per heavy atom. The van der Waals surface area contributed by atoms with Crippen molar-refractivity contribution in [3.63, 3.8) is 0 Å². The third kappa shape index (κ3) is 3.97. The van der Waals surface area contributed by atoms with Gasteiger partial charge in [0.1, 0.15) is 0 Å². The van der Waals surface area contributed by atoms with Crippen molar-refractivity contribution in [3.8, 4) is 0 Å². The second kappa shape index (κ2) is 6.17. The Kier molecular flexibility index (Phi) is 4.57. The molecule has 0 bridgehead atoms. The number of benzene rings is 1. The van der Waals surface area contributed by atoms with Gasteiger partial charge in [-0.2, -0.15) is 0 Å². The van der Waals surface area contributed by atoms with Crippen LogP contribution < -0.4 is 0 Å². The van der Waals surface area contributed by atoms with Crippen LogP contribution in [0.4, 0.5) is 4.39 Å². The molecule has 0 aromatic heterocycles. The summed E-state index contributed by atoms with van der Waals surface area (Å²) in [6, 6.07) is 10.5. The lowest BCUT2D eigenvalue weighted by Crippen LogP contribution is -2.02. The fourth-order valence-electron chi connectivity index (χ4n) is 2.53. The van der Waals surface area contributed by atoms with Gasteiger partial charge < -0.3 is 0 Å². The largest absolute Gasteiger partial charge is 0.251 e. The molecule has 1 saturated carbocycles. The van der Waals surface area contributed by atoms with Crippen LogP contribution in [0.15, 0.2) is 42.5 Å². The highest BCUT2D eigenvalue weighted by Gasteiger charge is 2.41. The van der Waals surface area contributed by atoms with Gasteiger partial charge in [-0.15, -0.1) is 0 Å². The van der Waals surface area contributed by atoms with Gasteiger partial charge in [0.25, 0.3) is 0 Å².